The van der Waals surface area contributed by atoms with Gasteiger partial charge in [0.1, 0.15) is 5.75 Å². The van der Waals surface area contributed by atoms with Crippen molar-refractivity contribution in [3.05, 3.63) is 73.9 Å². The third kappa shape index (κ3) is 3.64. The second kappa shape index (κ2) is 8.51. The van der Waals surface area contributed by atoms with Gasteiger partial charge in [0.05, 0.1) is 30.7 Å². The van der Waals surface area contributed by atoms with Crippen molar-refractivity contribution >= 4 is 16.9 Å². The SMILES string of the molecule is COC(=O)c1ccc2c(=O)n(CCC3NC[C@@H]4CCc5c(OC)cccc5[C@H]34)c(=O)[nH]c2c1. The van der Waals surface area contributed by atoms with Gasteiger partial charge in [0, 0.05) is 18.5 Å². The summed E-state index contributed by atoms with van der Waals surface area (Å²) in [5.74, 6) is 1.29. The van der Waals surface area contributed by atoms with Crippen molar-refractivity contribution in [3.63, 3.8) is 0 Å². The number of H-pyrrole nitrogens is 1. The Labute approximate surface area is 190 Å². The number of esters is 1. The molecule has 2 aliphatic rings. The summed E-state index contributed by atoms with van der Waals surface area (Å²) >= 11 is 0. The molecule has 1 aliphatic heterocycles. The summed E-state index contributed by atoms with van der Waals surface area (Å²) in [6.07, 6.45) is 2.76. The number of hydrogen-bond acceptors (Lipinski definition) is 6. The van der Waals surface area contributed by atoms with Crippen molar-refractivity contribution in [1.29, 1.82) is 0 Å². The fourth-order valence-corrected chi connectivity index (χ4v) is 5.57. The average molecular weight is 450 g/mol. The summed E-state index contributed by atoms with van der Waals surface area (Å²) in [6.45, 7) is 1.24. The van der Waals surface area contributed by atoms with Gasteiger partial charge in [-0.2, -0.15) is 0 Å². The maximum absolute atomic E-state index is 13.1. The average Bonchev–Trinajstić information content (AvgIpc) is 3.26. The zero-order chi connectivity index (χ0) is 23.1. The monoisotopic (exact) mass is 449 g/mol. The fraction of sp³-hybridized carbons (Fsp3) is 0.400. The van der Waals surface area contributed by atoms with E-state index in [1.165, 1.54) is 34.9 Å². The van der Waals surface area contributed by atoms with Crippen LogP contribution in [0, 0.1) is 5.92 Å². The van der Waals surface area contributed by atoms with Crippen molar-refractivity contribution in [2.75, 3.05) is 20.8 Å². The summed E-state index contributed by atoms with van der Waals surface area (Å²) in [4.78, 5) is 40.3. The van der Waals surface area contributed by atoms with E-state index in [9.17, 15) is 14.4 Å². The molecule has 1 aromatic heterocycles. The molecule has 3 aromatic rings. The predicted molar refractivity (Wildman–Crippen MR) is 124 cm³/mol. The van der Waals surface area contributed by atoms with E-state index in [0.29, 0.717) is 35.7 Å². The van der Waals surface area contributed by atoms with Crippen LogP contribution in [0.15, 0.2) is 46.0 Å². The topological polar surface area (TPSA) is 102 Å². The Morgan fingerprint density at radius 3 is 2.82 bits per heavy atom. The Bertz CT molecular complexity index is 1340. The van der Waals surface area contributed by atoms with Crippen molar-refractivity contribution < 1.29 is 14.3 Å². The molecule has 0 amide bonds. The lowest BCUT2D eigenvalue weighted by atomic mass is 9.73. The lowest BCUT2D eigenvalue weighted by Crippen LogP contribution is -2.38. The number of hydrogen-bond donors (Lipinski definition) is 2. The Morgan fingerprint density at radius 1 is 1.18 bits per heavy atom. The molecule has 5 rings (SSSR count). The highest BCUT2D eigenvalue weighted by molar-refractivity contribution is 5.93. The second-order valence-electron chi connectivity index (χ2n) is 8.79. The quantitative estimate of drug-likeness (QED) is 0.579. The number of carbonyl (C=O) groups excluding carboxylic acids is 1. The Balaban J connectivity index is 1.42. The van der Waals surface area contributed by atoms with Crippen molar-refractivity contribution in [2.45, 2.75) is 37.8 Å². The van der Waals surface area contributed by atoms with Gasteiger partial charge in [-0.3, -0.25) is 9.36 Å². The first kappa shape index (κ1) is 21.5. The minimum Gasteiger partial charge on any atom is -0.496 e. The molecule has 33 heavy (non-hydrogen) atoms. The molecule has 1 saturated heterocycles. The molecule has 2 N–H and O–H groups in total. The van der Waals surface area contributed by atoms with Crippen LogP contribution in [0.4, 0.5) is 0 Å². The molecule has 8 heteroatoms. The van der Waals surface area contributed by atoms with Crippen LogP contribution in [0.1, 0.15) is 40.2 Å². The van der Waals surface area contributed by atoms with Crippen molar-refractivity contribution in [1.82, 2.24) is 14.9 Å². The van der Waals surface area contributed by atoms with Gasteiger partial charge < -0.3 is 19.8 Å². The Hall–Kier alpha value is -3.39. The van der Waals surface area contributed by atoms with Crippen molar-refractivity contribution in [2.24, 2.45) is 5.92 Å². The van der Waals surface area contributed by atoms with E-state index >= 15 is 0 Å². The molecule has 0 saturated carbocycles. The molecule has 1 aliphatic carbocycles. The van der Waals surface area contributed by atoms with Crippen LogP contribution in [-0.4, -0.2) is 42.3 Å². The van der Waals surface area contributed by atoms with Gasteiger partial charge in [-0.15, -0.1) is 0 Å². The number of nitrogens with zero attached hydrogens (tertiary/aromatic N) is 1. The van der Waals surface area contributed by atoms with Gasteiger partial charge in [-0.25, -0.2) is 9.59 Å². The Kier molecular flexibility index (Phi) is 5.54. The molecule has 172 valence electrons. The highest BCUT2D eigenvalue weighted by Crippen LogP contribution is 2.45. The van der Waals surface area contributed by atoms with E-state index < -0.39 is 11.7 Å². The van der Waals surface area contributed by atoms with E-state index in [4.69, 9.17) is 9.47 Å². The number of aromatic amines is 1. The highest BCUT2D eigenvalue weighted by atomic mass is 16.5. The van der Waals surface area contributed by atoms with Crippen LogP contribution in [0.2, 0.25) is 0 Å². The number of fused-ring (bicyclic) bond motifs is 4. The molecular formula is C25H27N3O5. The van der Waals surface area contributed by atoms with E-state index in [1.807, 2.05) is 12.1 Å². The first-order valence-corrected chi connectivity index (χ1v) is 11.3. The number of rotatable bonds is 5. The molecule has 3 atom stereocenters. The summed E-state index contributed by atoms with van der Waals surface area (Å²) < 4.78 is 11.6. The summed E-state index contributed by atoms with van der Waals surface area (Å²) in [5.41, 5.74) is 2.37. The number of carbonyl (C=O) groups is 1. The van der Waals surface area contributed by atoms with Crippen LogP contribution in [0.25, 0.3) is 10.9 Å². The number of aromatic nitrogens is 2. The minimum absolute atomic E-state index is 0.171. The lowest BCUT2D eigenvalue weighted by molar-refractivity contribution is 0.0601. The van der Waals surface area contributed by atoms with Gasteiger partial charge in [0.15, 0.2) is 0 Å². The van der Waals surface area contributed by atoms with Crippen LogP contribution < -0.4 is 21.3 Å². The zero-order valence-electron chi connectivity index (χ0n) is 18.7. The number of methoxy groups -OCH3 is 2. The van der Waals surface area contributed by atoms with Crippen LogP contribution in [0.5, 0.6) is 5.75 Å². The number of nitrogens with one attached hydrogen (secondary N) is 2. The van der Waals surface area contributed by atoms with Gasteiger partial charge in [-0.05, 0) is 67.1 Å². The van der Waals surface area contributed by atoms with E-state index in [-0.39, 0.29) is 17.2 Å². The third-order valence-electron chi connectivity index (χ3n) is 7.16. The molecule has 2 aromatic carbocycles. The van der Waals surface area contributed by atoms with Crippen LogP contribution in [-0.2, 0) is 17.7 Å². The molecule has 2 heterocycles. The smallest absolute Gasteiger partial charge is 0.337 e. The second-order valence-corrected chi connectivity index (χ2v) is 8.79. The van der Waals surface area contributed by atoms with E-state index in [0.717, 1.165) is 25.1 Å². The first-order valence-electron chi connectivity index (χ1n) is 11.3. The maximum atomic E-state index is 13.1. The van der Waals surface area contributed by atoms with E-state index in [1.54, 1.807) is 13.2 Å². The highest BCUT2D eigenvalue weighted by Gasteiger charge is 2.40. The maximum Gasteiger partial charge on any atom is 0.337 e. The standard InChI is InChI=1S/C25H27N3O5/c1-32-21-5-3-4-17-16(21)8-7-15-13-26-19(22(15)17)10-11-28-23(29)18-9-6-14(24(30)33-2)12-20(18)27-25(28)31/h3-6,9,12,15,19,22,26H,7-8,10-11,13H2,1-2H3,(H,27,31)/t15-,19?,22+/m0/s1. The molecule has 0 bridgehead atoms. The lowest BCUT2D eigenvalue weighted by Gasteiger charge is -2.32. The number of benzene rings is 2. The normalized spacial score (nSPS) is 21.5. The first-order chi connectivity index (χ1) is 16.0. The molecule has 0 radical (unpaired) electrons. The third-order valence-corrected chi connectivity index (χ3v) is 7.16. The van der Waals surface area contributed by atoms with Crippen LogP contribution in [0.3, 0.4) is 0 Å². The number of ether oxygens (including phenoxy) is 2. The summed E-state index contributed by atoms with van der Waals surface area (Å²) in [7, 11) is 2.99. The van der Waals surface area contributed by atoms with Gasteiger partial charge >= 0.3 is 11.7 Å². The summed E-state index contributed by atoms with van der Waals surface area (Å²) in [5, 5.41) is 4.00. The Morgan fingerprint density at radius 2 is 2.03 bits per heavy atom. The molecule has 8 nitrogen and oxygen atoms in total. The van der Waals surface area contributed by atoms with Gasteiger partial charge in [0.25, 0.3) is 5.56 Å². The largest absolute Gasteiger partial charge is 0.496 e. The van der Waals surface area contributed by atoms with E-state index in [2.05, 4.69) is 16.4 Å². The van der Waals surface area contributed by atoms with Gasteiger partial charge in [0.2, 0.25) is 0 Å². The van der Waals surface area contributed by atoms with Crippen molar-refractivity contribution in [3.8, 4) is 5.75 Å². The molecule has 1 fully saturated rings. The molecule has 1 unspecified atom stereocenters. The molecule has 0 spiro atoms. The zero-order valence-corrected chi connectivity index (χ0v) is 18.7. The fourth-order valence-electron chi connectivity index (χ4n) is 5.57. The molecular weight excluding hydrogens is 422 g/mol. The van der Waals surface area contributed by atoms with Gasteiger partial charge in [-0.1, -0.05) is 12.1 Å². The van der Waals surface area contributed by atoms with Crippen LogP contribution >= 0.6 is 0 Å². The minimum atomic E-state index is -0.520. The summed E-state index contributed by atoms with van der Waals surface area (Å²) in [6, 6.07) is 11.0. The predicted octanol–water partition coefficient (Wildman–Crippen LogP) is 2.19.